The zero-order chi connectivity index (χ0) is 21.6. The molecule has 162 valence electrons. The second kappa shape index (κ2) is 10.2. The van der Waals surface area contributed by atoms with Gasteiger partial charge in [-0.15, -0.1) is 11.3 Å². The van der Waals surface area contributed by atoms with Gasteiger partial charge in [0.05, 0.1) is 28.6 Å². The predicted octanol–water partition coefficient (Wildman–Crippen LogP) is 5.10. The van der Waals surface area contributed by atoms with Crippen LogP contribution in [0, 0.1) is 0 Å². The summed E-state index contributed by atoms with van der Waals surface area (Å²) >= 11 is 2.98. The monoisotopic (exact) mass is 455 g/mol. The van der Waals surface area contributed by atoms with Gasteiger partial charge in [-0.1, -0.05) is 43.2 Å². The number of methoxy groups -OCH3 is 1. The van der Waals surface area contributed by atoms with E-state index in [-0.39, 0.29) is 11.8 Å². The van der Waals surface area contributed by atoms with Crippen molar-refractivity contribution in [2.45, 2.75) is 42.5 Å². The van der Waals surface area contributed by atoms with Crippen LogP contribution in [-0.2, 0) is 4.79 Å². The highest BCUT2D eigenvalue weighted by atomic mass is 32.2. The number of fused-ring (bicyclic) bond motifs is 1. The lowest BCUT2D eigenvalue weighted by Gasteiger charge is -2.22. The van der Waals surface area contributed by atoms with Crippen LogP contribution in [0.5, 0.6) is 5.75 Å². The molecule has 1 saturated carbocycles. The third-order valence-electron chi connectivity index (χ3n) is 5.28. The number of thiazole rings is 1. The number of benzene rings is 2. The summed E-state index contributed by atoms with van der Waals surface area (Å²) in [5, 5.41) is 6.06. The summed E-state index contributed by atoms with van der Waals surface area (Å²) in [7, 11) is 1.55. The summed E-state index contributed by atoms with van der Waals surface area (Å²) in [6.07, 6.45) is 5.84. The molecule has 0 unspecified atom stereocenters. The number of hydrogen-bond acceptors (Lipinski definition) is 6. The molecular formula is C23H25N3O3S2. The van der Waals surface area contributed by atoms with Crippen LogP contribution in [0.25, 0.3) is 10.2 Å². The number of para-hydroxylation sites is 1. The average Bonchev–Trinajstić information content (AvgIpc) is 3.20. The van der Waals surface area contributed by atoms with E-state index in [2.05, 4.69) is 15.6 Å². The van der Waals surface area contributed by atoms with Crippen molar-refractivity contribution in [2.24, 2.45) is 0 Å². The normalized spacial score (nSPS) is 14.4. The van der Waals surface area contributed by atoms with Crippen molar-refractivity contribution in [2.75, 3.05) is 18.2 Å². The lowest BCUT2D eigenvalue weighted by atomic mass is 9.95. The highest BCUT2D eigenvalue weighted by Crippen LogP contribution is 2.31. The predicted molar refractivity (Wildman–Crippen MR) is 126 cm³/mol. The number of carbonyl (C=O) groups is 2. The molecule has 1 aromatic heterocycles. The van der Waals surface area contributed by atoms with Gasteiger partial charge in [0.25, 0.3) is 5.91 Å². The Morgan fingerprint density at radius 2 is 1.97 bits per heavy atom. The van der Waals surface area contributed by atoms with Gasteiger partial charge in [0.2, 0.25) is 5.91 Å². The summed E-state index contributed by atoms with van der Waals surface area (Å²) in [5.74, 6) is 0.744. The van der Waals surface area contributed by atoms with Crippen LogP contribution in [0.15, 0.2) is 46.8 Å². The molecule has 4 rings (SSSR count). The Bertz CT molecular complexity index is 1080. The van der Waals surface area contributed by atoms with E-state index in [4.69, 9.17) is 4.74 Å². The Balaban J connectivity index is 1.37. The van der Waals surface area contributed by atoms with Gasteiger partial charge in [0, 0.05) is 11.7 Å². The first-order chi connectivity index (χ1) is 15.1. The van der Waals surface area contributed by atoms with Crippen LogP contribution in [0.4, 0.5) is 5.69 Å². The Morgan fingerprint density at radius 3 is 2.77 bits per heavy atom. The molecule has 6 nitrogen and oxygen atoms in total. The third-order valence-corrected chi connectivity index (χ3v) is 7.44. The molecule has 1 aliphatic rings. The van der Waals surface area contributed by atoms with Crippen LogP contribution in [0.2, 0.25) is 0 Å². The molecule has 31 heavy (non-hydrogen) atoms. The first-order valence-electron chi connectivity index (χ1n) is 10.4. The van der Waals surface area contributed by atoms with Gasteiger partial charge in [-0.25, -0.2) is 4.98 Å². The first-order valence-corrected chi connectivity index (χ1v) is 12.2. The quantitative estimate of drug-likeness (QED) is 0.485. The van der Waals surface area contributed by atoms with Crippen LogP contribution in [0.3, 0.4) is 0 Å². The molecule has 0 aliphatic heterocycles. The van der Waals surface area contributed by atoms with E-state index in [0.717, 1.165) is 27.4 Å². The Kier molecular flexibility index (Phi) is 7.09. The minimum atomic E-state index is -0.227. The molecule has 2 N–H and O–H groups in total. The molecule has 0 bridgehead atoms. The molecule has 2 aromatic carbocycles. The molecule has 1 fully saturated rings. The molecule has 1 heterocycles. The van der Waals surface area contributed by atoms with Gasteiger partial charge < -0.3 is 15.4 Å². The number of thioether (sulfide) groups is 1. The van der Waals surface area contributed by atoms with Crippen molar-refractivity contribution in [3.05, 3.63) is 48.0 Å². The highest BCUT2D eigenvalue weighted by Gasteiger charge is 2.17. The van der Waals surface area contributed by atoms with Crippen molar-refractivity contribution in [1.29, 1.82) is 0 Å². The lowest BCUT2D eigenvalue weighted by molar-refractivity contribution is -0.119. The number of amides is 2. The minimum absolute atomic E-state index is 0.0703. The second-order valence-corrected chi connectivity index (χ2v) is 9.76. The summed E-state index contributed by atoms with van der Waals surface area (Å²) in [6.45, 7) is 0. The SMILES string of the molecule is COc1ccccc1C(=O)Nc1ccc2nc(SCC(=O)NC3CCCCC3)sc2c1. The van der Waals surface area contributed by atoms with E-state index in [1.165, 1.54) is 42.4 Å². The van der Waals surface area contributed by atoms with Crippen LogP contribution in [-0.4, -0.2) is 35.7 Å². The molecule has 0 saturated heterocycles. The molecule has 2 amide bonds. The van der Waals surface area contributed by atoms with E-state index in [9.17, 15) is 9.59 Å². The van der Waals surface area contributed by atoms with Crippen molar-refractivity contribution in [3.63, 3.8) is 0 Å². The van der Waals surface area contributed by atoms with E-state index >= 15 is 0 Å². The van der Waals surface area contributed by atoms with Crippen molar-refractivity contribution >= 4 is 50.8 Å². The van der Waals surface area contributed by atoms with Gasteiger partial charge in [-0.3, -0.25) is 9.59 Å². The molecule has 8 heteroatoms. The van der Waals surface area contributed by atoms with E-state index in [0.29, 0.717) is 28.8 Å². The maximum Gasteiger partial charge on any atom is 0.259 e. The standard InChI is InChI=1S/C23H25N3O3S2/c1-29-19-10-6-5-9-17(19)22(28)25-16-11-12-18-20(13-16)31-23(26-18)30-14-21(27)24-15-7-3-2-4-8-15/h5-6,9-13,15H,2-4,7-8,14H2,1H3,(H,24,27)(H,25,28). The number of carbonyl (C=O) groups excluding carboxylic acids is 2. The van der Waals surface area contributed by atoms with Gasteiger partial charge >= 0.3 is 0 Å². The Morgan fingerprint density at radius 1 is 1.16 bits per heavy atom. The Labute approximate surface area is 189 Å². The van der Waals surface area contributed by atoms with Crippen molar-refractivity contribution in [3.8, 4) is 5.75 Å². The lowest BCUT2D eigenvalue weighted by Crippen LogP contribution is -2.37. The number of hydrogen-bond donors (Lipinski definition) is 2. The number of anilines is 1. The van der Waals surface area contributed by atoms with Gasteiger partial charge in [0.15, 0.2) is 4.34 Å². The minimum Gasteiger partial charge on any atom is -0.496 e. The average molecular weight is 456 g/mol. The van der Waals surface area contributed by atoms with E-state index in [1.807, 2.05) is 24.3 Å². The highest BCUT2D eigenvalue weighted by molar-refractivity contribution is 8.01. The van der Waals surface area contributed by atoms with Crippen LogP contribution >= 0.6 is 23.1 Å². The van der Waals surface area contributed by atoms with Crippen molar-refractivity contribution in [1.82, 2.24) is 10.3 Å². The van der Waals surface area contributed by atoms with E-state index in [1.54, 1.807) is 25.3 Å². The zero-order valence-electron chi connectivity index (χ0n) is 17.3. The number of nitrogens with one attached hydrogen (secondary N) is 2. The fraction of sp³-hybridized carbons (Fsp3) is 0.348. The maximum absolute atomic E-state index is 12.6. The van der Waals surface area contributed by atoms with Crippen molar-refractivity contribution < 1.29 is 14.3 Å². The summed E-state index contributed by atoms with van der Waals surface area (Å²) < 4.78 is 7.08. The number of nitrogens with zero attached hydrogens (tertiary/aromatic N) is 1. The fourth-order valence-electron chi connectivity index (χ4n) is 3.72. The summed E-state index contributed by atoms with van der Waals surface area (Å²) in [6, 6.07) is 13.1. The molecule has 3 aromatic rings. The Hall–Kier alpha value is -2.58. The fourth-order valence-corrected chi connectivity index (χ4v) is 5.64. The number of rotatable bonds is 7. The van der Waals surface area contributed by atoms with Gasteiger partial charge in [-0.2, -0.15) is 0 Å². The summed E-state index contributed by atoms with van der Waals surface area (Å²) in [5.41, 5.74) is 2.03. The largest absolute Gasteiger partial charge is 0.496 e. The van der Waals surface area contributed by atoms with Crippen LogP contribution in [0.1, 0.15) is 42.5 Å². The number of ether oxygens (including phenoxy) is 1. The maximum atomic E-state index is 12.6. The molecule has 0 atom stereocenters. The smallest absolute Gasteiger partial charge is 0.259 e. The van der Waals surface area contributed by atoms with Gasteiger partial charge in [0.1, 0.15) is 5.75 Å². The first kappa shape index (κ1) is 21.6. The third kappa shape index (κ3) is 5.57. The molecule has 1 aliphatic carbocycles. The van der Waals surface area contributed by atoms with E-state index < -0.39 is 0 Å². The van der Waals surface area contributed by atoms with Crippen LogP contribution < -0.4 is 15.4 Å². The zero-order valence-corrected chi connectivity index (χ0v) is 19.0. The topological polar surface area (TPSA) is 80.3 Å². The van der Waals surface area contributed by atoms with Gasteiger partial charge in [-0.05, 0) is 43.2 Å². The number of aromatic nitrogens is 1. The molecular weight excluding hydrogens is 430 g/mol. The second-order valence-electron chi connectivity index (χ2n) is 7.51. The molecule has 0 radical (unpaired) electrons. The molecule has 0 spiro atoms. The summed E-state index contributed by atoms with van der Waals surface area (Å²) in [4.78, 5) is 29.5.